The lowest BCUT2D eigenvalue weighted by Gasteiger charge is -2.18. The lowest BCUT2D eigenvalue weighted by Crippen LogP contribution is -1.91. The second-order valence-corrected chi connectivity index (χ2v) is 12.6. The van der Waals surface area contributed by atoms with Crippen LogP contribution < -0.4 is 0 Å². The molecule has 2 aromatic heterocycles. The molecule has 0 saturated heterocycles. The van der Waals surface area contributed by atoms with Gasteiger partial charge in [-0.05, 0) is 61.6 Å². The fourth-order valence-corrected chi connectivity index (χ4v) is 8.59. The van der Waals surface area contributed by atoms with Gasteiger partial charge in [-0.15, -0.1) is 11.3 Å². The summed E-state index contributed by atoms with van der Waals surface area (Å²) in [5.41, 5.74) is 6.78. The Bertz CT molecular complexity index is 2720. The number of rotatable bonds is 2. The van der Waals surface area contributed by atoms with E-state index in [1.54, 1.807) is 0 Å². The summed E-state index contributed by atoms with van der Waals surface area (Å²) in [5.74, 6) is 0. The van der Waals surface area contributed by atoms with Crippen molar-refractivity contribution in [3.8, 4) is 22.3 Å². The SMILES string of the molecule is c1ccc2c(c1)ccc1oc3c(-c4c5ccccc5c(-c5cccc6sc7ccccc7c56)c5ccccc45)cccc3c12. The molecule has 0 atom stereocenters. The number of benzene rings is 8. The van der Waals surface area contributed by atoms with Gasteiger partial charge in [-0.3, -0.25) is 0 Å². The molecule has 0 N–H and O–H groups in total. The van der Waals surface area contributed by atoms with Crippen LogP contribution in [0.5, 0.6) is 0 Å². The maximum atomic E-state index is 6.76. The first-order chi connectivity index (χ1) is 21.8. The molecule has 2 heteroatoms. The van der Waals surface area contributed by atoms with Gasteiger partial charge in [-0.25, -0.2) is 0 Å². The summed E-state index contributed by atoms with van der Waals surface area (Å²) in [7, 11) is 0. The van der Waals surface area contributed by atoms with Gasteiger partial charge >= 0.3 is 0 Å². The van der Waals surface area contributed by atoms with Crippen LogP contribution in [0.2, 0.25) is 0 Å². The standard InChI is InChI=1S/C42H24OS/c1-2-12-26-25(11-1)23-24-35-40(26)34-20-9-19-33(42(34)43-35)39-29-15-5-3-13-27(29)38(28-14-4-6-16-30(28)39)32-18-10-22-37-41(32)31-17-7-8-21-36(31)44-37/h1-24H. The molecule has 0 aliphatic carbocycles. The van der Waals surface area contributed by atoms with Crippen molar-refractivity contribution in [2.24, 2.45) is 0 Å². The second kappa shape index (κ2) is 9.03. The average molecular weight is 577 g/mol. The number of thiophene rings is 1. The molecule has 0 amide bonds. The monoisotopic (exact) mass is 576 g/mol. The third-order valence-corrected chi connectivity index (χ3v) is 10.4. The van der Waals surface area contributed by atoms with Crippen LogP contribution in [0.1, 0.15) is 0 Å². The molecule has 0 fully saturated rings. The Morgan fingerprint density at radius 3 is 1.66 bits per heavy atom. The Kier molecular flexibility index (Phi) is 4.94. The first-order valence-corrected chi connectivity index (χ1v) is 15.8. The van der Waals surface area contributed by atoms with Crippen LogP contribution in [0.4, 0.5) is 0 Å². The normalized spacial score (nSPS) is 12.1. The van der Waals surface area contributed by atoms with Crippen LogP contribution in [0, 0.1) is 0 Å². The van der Waals surface area contributed by atoms with E-state index < -0.39 is 0 Å². The van der Waals surface area contributed by atoms with Crippen molar-refractivity contribution in [2.75, 3.05) is 0 Å². The van der Waals surface area contributed by atoms with E-state index in [9.17, 15) is 0 Å². The third kappa shape index (κ3) is 3.23. The molecule has 44 heavy (non-hydrogen) atoms. The smallest absolute Gasteiger partial charge is 0.143 e. The third-order valence-electron chi connectivity index (χ3n) is 9.26. The van der Waals surface area contributed by atoms with Crippen molar-refractivity contribution >= 4 is 85.8 Å². The van der Waals surface area contributed by atoms with E-state index in [-0.39, 0.29) is 0 Å². The van der Waals surface area contributed by atoms with E-state index in [0.29, 0.717) is 0 Å². The van der Waals surface area contributed by atoms with Crippen LogP contribution >= 0.6 is 11.3 Å². The Balaban J connectivity index is 1.37. The zero-order valence-electron chi connectivity index (χ0n) is 23.7. The van der Waals surface area contributed by atoms with E-state index in [0.717, 1.165) is 22.1 Å². The summed E-state index contributed by atoms with van der Waals surface area (Å²) in [6, 6.07) is 52.9. The van der Waals surface area contributed by atoms with Gasteiger partial charge < -0.3 is 4.42 Å². The largest absolute Gasteiger partial charge is 0.455 e. The Morgan fingerprint density at radius 2 is 0.909 bits per heavy atom. The van der Waals surface area contributed by atoms with Crippen molar-refractivity contribution in [1.29, 1.82) is 0 Å². The molecule has 10 rings (SSSR count). The minimum absolute atomic E-state index is 0.924. The van der Waals surface area contributed by atoms with Crippen LogP contribution in [-0.4, -0.2) is 0 Å². The molecule has 0 saturated carbocycles. The van der Waals surface area contributed by atoms with E-state index in [1.165, 1.54) is 74.6 Å². The first-order valence-electron chi connectivity index (χ1n) is 15.0. The molecule has 0 aliphatic rings. The maximum absolute atomic E-state index is 6.76. The van der Waals surface area contributed by atoms with Crippen molar-refractivity contribution in [2.45, 2.75) is 0 Å². The van der Waals surface area contributed by atoms with Crippen molar-refractivity contribution < 1.29 is 4.42 Å². The molecule has 0 bridgehead atoms. The fraction of sp³-hybridized carbons (Fsp3) is 0. The van der Waals surface area contributed by atoms with Crippen molar-refractivity contribution in [3.63, 3.8) is 0 Å². The van der Waals surface area contributed by atoms with Gasteiger partial charge in [0.05, 0.1) is 0 Å². The summed E-state index contributed by atoms with van der Waals surface area (Å²) in [6.45, 7) is 0. The van der Waals surface area contributed by atoms with Gasteiger partial charge in [-0.1, -0.05) is 127 Å². The minimum Gasteiger partial charge on any atom is -0.455 e. The van der Waals surface area contributed by atoms with Gasteiger partial charge in [-0.2, -0.15) is 0 Å². The quantitative estimate of drug-likeness (QED) is 0.187. The molecule has 1 nitrogen and oxygen atoms in total. The Hall–Kier alpha value is -5.44. The topological polar surface area (TPSA) is 13.1 Å². The lowest BCUT2D eigenvalue weighted by molar-refractivity contribution is 0.670. The highest BCUT2D eigenvalue weighted by Gasteiger charge is 2.22. The highest BCUT2D eigenvalue weighted by atomic mass is 32.1. The van der Waals surface area contributed by atoms with Crippen molar-refractivity contribution in [3.05, 3.63) is 146 Å². The van der Waals surface area contributed by atoms with E-state index >= 15 is 0 Å². The molecule has 8 aromatic carbocycles. The number of furan rings is 1. The summed E-state index contributed by atoms with van der Waals surface area (Å²) < 4.78 is 9.40. The van der Waals surface area contributed by atoms with Gasteiger partial charge in [0.1, 0.15) is 11.2 Å². The van der Waals surface area contributed by atoms with Gasteiger partial charge in [0.15, 0.2) is 0 Å². The summed E-state index contributed by atoms with van der Waals surface area (Å²) in [4.78, 5) is 0. The molecule has 0 aliphatic heterocycles. The molecule has 0 radical (unpaired) electrons. The number of para-hydroxylation sites is 1. The van der Waals surface area contributed by atoms with Gasteiger partial charge in [0.25, 0.3) is 0 Å². The summed E-state index contributed by atoms with van der Waals surface area (Å²) >= 11 is 1.87. The highest BCUT2D eigenvalue weighted by molar-refractivity contribution is 7.25. The molecule has 10 aromatic rings. The maximum Gasteiger partial charge on any atom is 0.143 e. The zero-order valence-corrected chi connectivity index (χ0v) is 24.5. The molecule has 204 valence electrons. The van der Waals surface area contributed by atoms with Gasteiger partial charge in [0, 0.05) is 42.1 Å². The van der Waals surface area contributed by atoms with E-state index in [2.05, 4.69) is 146 Å². The van der Waals surface area contributed by atoms with Crippen LogP contribution in [0.25, 0.3) is 96.7 Å². The number of hydrogen-bond acceptors (Lipinski definition) is 2. The average Bonchev–Trinajstić information content (AvgIpc) is 3.66. The lowest BCUT2D eigenvalue weighted by atomic mass is 9.84. The summed E-state index contributed by atoms with van der Waals surface area (Å²) in [6.07, 6.45) is 0. The Morgan fingerprint density at radius 1 is 0.364 bits per heavy atom. The van der Waals surface area contributed by atoms with Crippen LogP contribution in [0.3, 0.4) is 0 Å². The summed E-state index contributed by atoms with van der Waals surface area (Å²) in [5, 5.41) is 12.4. The first kappa shape index (κ1) is 24.0. The van der Waals surface area contributed by atoms with Gasteiger partial charge in [0.2, 0.25) is 0 Å². The highest BCUT2D eigenvalue weighted by Crippen LogP contribution is 2.49. The van der Waals surface area contributed by atoms with E-state index in [4.69, 9.17) is 4.42 Å². The molecular weight excluding hydrogens is 553 g/mol. The predicted octanol–water partition coefficient (Wildman–Crippen LogP) is 12.7. The van der Waals surface area contributed by atoms with Crippen LogP contribution in [0.15, 0.2) is 150 Å². The molecule has 0 unspecified atom stereocenters. The minimum atomic E-state index is 0.924. The van der Waals surface area contributed by atoms with Crippen molar-refractivity contribution in [1.82, 2.24) is 0 Å². The van der Waals surface area contributed by atoms with E-state index in [1.807, 2.05) is 11.3 Å². The Labute approximate surface area is 257 Å². The molecule has 0 spiro atoms. The molecule has 2 heterocycles. The zero-order chi connectivity index (χ0) is 28.8. The predicted molar refractivity (Wildman–Crippen MR) is 190 cm³/mol. The van der Waals surface area contributed by atoms with Crippen LogP contribution in [-0.2, 0) is 0 Å². The number of hydrogen-bond donors (Lipinski definition) is 0. The second-order valence-electron chi connectivity index (χ2n) is 11.6. The number of fused-ring (bicyclic) bond motifs is 10. The molecular formula is C42H24OS. The fourth-order valence-electron chi connectivity index (χ4n) is 7.46.